The van der Waals surface area contributed by atoms with E-state index in [-0.39, 0.29) is 6.09 Å². The molecule has 5 nitrogen and oxygen atoms in total. The smallest absolute Gasteiger partial charge is 0.410 e. The Bertz CT molecular complexity index is 409. The van der Waals surface area contributed by atoms with Gasteiger partial charge in [0.15, 0.2) is 0 Å². The van der Waals surface area contributed by atoms with Gasteiger partial charge in [0.1, 0.15) is 5.60 Å². The van der Waals surface area contributed by atoms with Gasteiger partial charge < -0.3 is 19.4 Å². The standard InChI is InChI=1S/C14H22N2O3/c1-14(2,3)19-13(17)16-6-4-12(9-16)15-8-11-5-7-18-10-11/h5,7,10,12,15H,4,6,8-9H2,1-3H3. The molecule has 1 aliphatic rings. The molecule has 19 heavy (non-hydrogen) atoms. The fourth-order valence-electron chi connectivity index (χ4n) is 2.07. The van der Waals surface area contributed by atoms with Gasteiger partial charge in [-0.3, -0.25) is 0 Å². The normalized spacial score (nSPS) is 19.7. The van der Waals surface area contributed by atoms with Crippen molar-refractivity contribution in [1.82, 2.24) is 10.2 Å². The maximum Gasteiger partial charge on any atom is 0.410 e. The molecule has 1 saturated heterocycles. The Hall–Kier alpha value is -1.49. The summed E-state index contributed by atoms with van der Waals surface area (Å²) in [7, 11) is 0. The van der Waals surface area contributed by atoms with Gasteiger partial charge in [-0.05, 0) is 33.3 Å². The zero-order valence-corrected chi connectivity index (χ0v) is 11.8. The molecule has 0 saturated carbocycles. The Morgan fingerprint density at radius 1 is 1.58 bits per heavy atom. The molecular formula is C14H22N2O3. The molecule has 2 heterocycles. The van der Waals surface area contributed by atoms with Gasteiger partial charge in [-0.25, -0.2) is 4.79 Å². The number of nitrogens with one attached hydrogen (secondary N) is 1. The lowest BCUT2D eigenvalue weighted by atomic mass is 10.2. The van der Waals surface area contributed by atoms with Crippen LogP contribution in [0.5, 0.6) is 0 Å². The van der Waals surface area contributed by atoms with Crippen LogP contribution < -0.4 is 5.32 Å². The van der Waals surface area contributed by atoms with Gasteiger partial charge in [0.25, 0.3) is 0 Å². The van der Waals surface area contributed by atoms with Crippen LogP contribution in [0.15, 0.2) is 23.0 Å². The number of hydrogen-bond donors (Lipinski definition) is 1. The molecule has 0 radical (unpaired) electrons. The van der Waals surface area contributed by atoms with Crippen LogP contribution in [-0.4, -0.2) is 35.7 Å². The summed E-state index contributed by atoms with van der Waals surface area (Å²) in [6.45, 7) is 7.87. The highest BCUT2D eigenvalue weighted by Crippen LogP contribution is 2.15. The van der Waals surface area contributed by atoms with Gasteiger partial charge in [0.05, 0.1) is 12.5 Å². The van der Waals surface area contributed by atoms with E-state index in [2.05, 4.69) is 5.32 Å². The van der Waals surface area contributed by atoms with E-state index >= 15 is 0 Å². The Kier molecular flexibility index (Phi) is 4.14. The van der Waals surface area contributed by atoms with E-state index in [9.17, 15) is 4.79 Å². The third kappa shape index (κ3) is 4.28. The summed E-state index contributed by atoms with van der Waals surface area (Å²) >= 11 is 0. The average molecular weight is 266 g/mol. The van der Waals surface area contributed by atoms with Crippen molar-refractivity contribution in [3.8, 4) is 0 Å². The molecule has 1 fully saturated rings. The van der Waals surface area contributed by atoms with Gasteiger partial charge in [0, 0.05) is 31.2 Å². The molecule has 1 N–H and O–H groups in total. The first-order chi connectivity index (χ1) is 8.94. The number of rotatable bonds is 3. The van der Waals surface area contributed by atoms with Crippen molar-refractivity contribution in [3.05, 3.63) is 24.2 Å². The van der Waals surface area contributed by atoms with Crippen molar-refractivity contribution < 1.29 is 13.9 Å². The summed E-state index contributed by atoms with van der Waals surface area (Å²) < 4.78 is 10.4. The van der Waals surface area contributed by atoms with Crippen molar-refractivity contribution in [2.75, 3.05) is 13.1 Å². The molecule has 0 aromatic carbocycles. The fraction of sp³-hybridized carbons (Fsp3) is 0.643. The van der Waals surface area contributed by atoms with Crippen LogP contribution in [0.2, 0.25) is 0 Å². The zero-order chi connectivity index (χ0) is 13.9. The molecule has 106 valence electrons. The van der Waals surface area contributed by atoms with E-state index in [0.717, 1.165) is 25.1 Å². The molecule has 5 heteroatoms. The number of hydrogen-bond acceptors (Lipinski definition) is 4. The van der Waals surface area contributed by atoms with Crippen LogP contribution in [0.25, 0.3) is 0 Å². The quantitative estimate of drug-likeness (QED) is 0.912. The molecule has 1 atom stereocenters. The van der Waals surface area contributed by atoms with Crippen molar-refractivity contribution in [2.24, 2.45) is 0 Å². The highest BCUT2D eigenvalue weighted by Gasteiger charge is 2.29. The van der Waals surface area contributed by atoms with Gasteiger partial charge in [-0.15, -0.1) is 0 Å². The summed E-state index contributed by atoms with van der Waals surface area (Å²) in [5.74, 6) is 0. The molecule has 1 aromatic rings. The number of nitrogens with zero attached hydrogens (tertiary/aromatic N) is 1. The van der Waals surface area contributed by atoms with Crippen LogP contribution >= 0.6 is 0 Å². The molecule has 1 unspecified atom stereocenters. The Morgan fingerprint density at radius 2 is 2.37 bits per heavy atom. The minimum absolute atomic E-state index is 0.222. The Labute approximate surface area is 113 Å². The van der Waals surface area contributed by atoms with Crippen molar-refractivity contribution in [2.45, 2.75) is 45.4 Å². The number of carbonyl (C=O) groups excluding carboxylic acids is 1. The Balaban J connectivity index is 1.75. The number of furan rings is 1. The first-order valence-corrected chi connectivity index (χ1v) is 6.66. The molecule has 0 bridgehead atoms. The van der Waals surface area contributed by atoms with Crippen molar-refractivity contribution in [3.63, 3.8) is 0 Å². The zero-order valence-electron chi connectivity index (χ0n) is 11.8. The topological polar surface area (TPSA) is 54.7 Å². The molecule has 1 amide bonds. The maximum absolute atomic E-state index is 11.9. The highest BCUT2D eigenvalue weighted by molar-refractivity contribution is 5.68. The van der Waals surface area contributed by atoms with Crippen LogP contribution in [0.4, 0.5) is 4.79 Å². The van der Waals surface area contributed by atoms with Crippen LogP contribution in [0, 0.1) is 0 Å². The summed E-state index contributed by atoms with van der Waals surface area (Å²) in [5, 5.41) is 3.42. The van der Waals surface area contributed by atoms with Gasteiger partial charge >= 0.3 is 6.09 Å². The van der Waals surface area contributed by atoms with Crippen LogP contribution in [0.3, 0.4) is 0 Å². The first-order valence-electron chi connectivity index (χ1n) is 6.66. The van der Waals surface area contributed by atoms with E-state index in [1.54, 1.807) is 17.4 Å². The predicted octanol–water partition coefficient (Wildman–Crippen LogP) is 2.38. The second-order valence-electron chi connectivity index (χ2n) is 5.92. The van der Waals surface area contributed by atoms with Crippen LogP contribution in [0.1, 0.15) is 32.8 Å². The second-order valence-corrected chi connectivity index (χ2v) is 5.92. The largest absolute Gasteiger partial charge is 0.472 e. The average Bonchev–Trinajstić information content (AvgIpc) is 2.96. The minimum atomic E-state index is -0.431. The first kappa shape index (κ1) is 13.9. The van der Waals surface area contributed by atoms with Crippen molar-refractivity contribution in [1.29, 1.82) is 0 Å². The SMILES string of the molecule is CC(C)(C)OC(=O)N1CCC(NCc2ccoc2)C1. The van der Waals surface area contributed by atoms with E-state index in [1.807, 2.05) is 26.8 Å². The molecule has 1 aliphatic heterocycles. The lowest BCUT2D eigenvalue weighted by Crippen LogP contribution is -2.38. The monoisotopic (exact) mass is 266 g/mol. The lowest BCUT2D eigenvalue weighted by molar-refractivity contribution is 0.0291. The van der Waals surface area contributed by atoms with Crippen molar-refractivity contribution >= 4 is 6.09 Å². The van der Waals surface area contributed by atoms with E-state index in [4.69, 9.17) is 9.15 Å². The third-order valence-electron chi connectivity index (χ3n) is 3.01. The number of amides is 1. The fourth-order valence-corrected chi connectivity index (χ4v) is 2.07. The molecule has 0 spiro atoms. The van der Waals surface area contributed by atoms with Gasteiger partial charge in [0.2, 0.25) is 0 Å². The highest BCUT2D eigenvalue weighted by atomic mass is 16.6. The number of carbonyl (C=O) groups is 1. The lowest BCUT2D eigenvalue weighted by Gasteiger charge is -2.24. The minimum Gasteiger partial charge on any atom is -0.472 e. The summed E-state index contributed by atoms with van der Waals surface area (Å²) in [6, 6.07) is 2.26. The summed E-state index contributed by atoms with van der Waals surface area (Å²) in [6.07, 6.45) is 4.13. The summed E-state index contributed by atoms with van der Waals surface area (Å²) in [5.41, 5.74) is 0.690. The molecule has 1 aromatic heterocycles. The van der Waals surface area contributed by atoms with Gasteiger partial charge in [-0.2, -0.15) is 0 Å². The maximum atomic E-state index is 11.9. The van der Waals surface area contributed by atoms with E-state index in [0.29, 0.717) is 12.6 Å². The van der Waals surface area contributed by atoms with E-state index < -0.39 is 5.60 Å². The van der Waals surface area contributed by atoms with E-state index in [1.165, 1.54) is 0 Å². The third-order valence-corrected chi connectivity index (χ3v) is 3.01. The second kappa shape index (κ2) is 5.65. The number of ether oxygens (including phenoxy) is 1. The molecule has 2 rings (SSSR count). The molecular weight excluding hydrogens is 244 g/mol. The van der Waals surface area contributed by atoms with Gasteiger partial charge in [-0.1, -0.05) is 0 Å². The summed E-state index contributed by atoms with van der Waals surface area (Å²) in [4.78, 5) is 13.7. The number of likely N-dealkylation sites (tertiary alicyclic amines) is 1. The molecule has 0 aliphatic carbocycles. The van der Waals surface area contributed by atoms with Crippen LogP contribution in [-0.2, 0) is 11.3 Å². The predicted molar refractivity (Wildman–Crippen MR) is 71.8 cm³/mol. The Morgan fingerprint density at radius 3 is 3.00 bits per heavy atom.